The van der Waals surface area contributed by atoms with Gasteiger partial charge in [-0.1, -0.05) is 38.1 Å². The lowest BCUT2D eigenvalue weighted by Gasteiger charge is -2.07. The molecule has 0 fully saturated rings. The van der Waals surface area contributed by atoms with E-state index in [0.717, 1.165) is 18.8 Å². The van der Waals surface area contributed by atoms with E-state index in [1.54, 1.807) is 6.20 Å². The number of hydrogen-bond donors (Lipinski definition) is 2. The maximum Gasteiger partial charge on any atom is 0.0650 e. The number of H-pyrrole nitrogens is 1. The van der Waals surface area contributed by atoms with Crippen molar-refractivity contribution in [3.05, 3.63) is 42.1 Å². The van der Waals surface area contributed by atoms with Crippen LogP contribution in [0.15, 0.2) is 36.5 Å². The van der Waals surface area contributed by atoms with Crippen molar-refractivity contribution in [1.29, 1.82) is 0 Å². The van der Waals surface area contributed by atoms with E-state index in [2.05, 4.69) is 53.6 Å². The molecule has 2 N–H and O–H groups in total. The van der Waals surface area contributed by atoms with E-state index in [1.807, 2.05) is 6.07 Å². The summed E-state index contributed by atoms with van der Waals surface area (Å²) < 4.78 is 0. The van der Waals surface area contributed by atoms with Crippen LogP contribution in [0.1, 0.15) is 19.4 Å². The fourth-order valence-electron chi connectivity index (χ4n) is 1.72. The molecule has 3 heteroatoms. The molecular formula is C14H19N3. The smallest absolute Gasteiger partial charge is 0.0650 e. The Morgan fingerprint density at radius 2 is 1.94 bits per heavy atom. The summed E-state index contributed by atoms with van der Waals surface area (Å²) in [5, 5.41) is 10.4. The molecule has 0 spiro atoms. The topological polar surface area (TPSA) is 40.7 Å². The Bertz CT molecular complexity index is 429. The van der Waals surface area contributed by atoms with Crippen LogP contribution in [0.25, 0.3) is 11.3 Å². The van der Waals surface area contributed by atoms with Crippen LogP contribution >= 0.6 is 0 Å². The Kier molecular flexibility index (Phi) is 3.94. The highest BCUT2D eigenvalue weighted by Gasteiger charge is 1.99. The third kappa shape index (κ3) is 3.43. The molecule has 1 aromatic heterocycles. The summed E-state index contributed by atoms with van der Waals surface area (Å²) in [7, 11) is 0. The first-order valence-electron chi connectivity index (χ1n) is 6.05. The van der Waals surface area contributed by atoms with Crippen LogP contribution in [-0.2, 0) is 6.54 Å². The van der Waals surface area contributed by atoms with Gasteiger partial charge in [0.1, 0.15) is 0 Å². The number of nitrogens with zero attached hydrogens (tertiary/aromatic N) is 1. The van der Waals surface area contributed by atoms with Gasteiger partial charge in [-0.3, -0.25) is 5.10 Å². The Labute approximate surface area is 102 Å². The van der Waals surface area contributed by atoms with Gasteiger partial charge < -0.3 is 5.32 Å². The zero-order valence-electron chi connectivity index (χ0n) is 10.4. The van der Waals surface area contributed by atoms with Gasteiger partial charge in [0.2, 0.25) is 0 Å². The predicted molar refractivity (Wildman–Crippen MR) is 70.6 cm³/mol. The highest BCUT2D eigenvalue weighted by atomic mass is 15.1. The van der Waals surface area contributed by atoms with Crippen LogP contribution in [0.2, 0.25) is 0 Å². The van der Waals surface area contributed by atoms with Gasteiger partial charge in [0.05, 0.1) is 5.69 Å². The fourth-order valence-corrected chi connectivity index (χ4v) is 1.72. The Hall–Kier alpha value is -1.61. The third-order valence-corrected chi connectivity index (χ3v) is 2.65. The van der Waals surface area contributed by atoms with Gasteiger partial charge in [0.25, 0.3) is 0 Å². The monoisotopic (exact) mass is 229 g/mol. The van der Waals surface area contributed by atoms with Gasteiger partial charge in [-0.25, -0.2) is 0 Å². The number of hydrogen-bond acceptors (Lipinski definition) is 2. The van der Waals surface area contributed by atoms with Crippen molar-refractivity contribution in [1.82, 2.24) is 15.5 Å². The maximum absolute atomic E-state index is 3.95. The van der Waals surface area contributed by atoms with Gasteiger partial charge in [-0.15, -0.1) is 0 Å². The first-order valence-corrected chi connectivity index (χ1v) is 6.05. The lowest BCUT2D eigenvalue weighted by molar-refractivity contribution is 0.552. The van der Waals surface area contributed by atoms with Crippen LogP contribution < -0.4 is 5.32 Å². The number of benzene rings is 1. The summed E-state index contributed by atoms with van der Waals surface area (Å²) >= 11 is 0. The molecule has 0 bridgehead atoms. The molecule has 0 atom stereocenters. The second-order valence-corrected chi connectivity index (χ2v) is 4.69. The zero-order valence-corrected chi connectivity index (χ0v) is 10.4. The molecule has 0 radical (unpaired) electrons. The summed E-state index contributed by atoms with van der Waals surface area (Å²) in [6.07, 6.45) is 1.77. The first kappa shape index (κ1) is 11.9. The SMILES string of the molecule is CC(C)CNCc1ccc(-c2ccn[nH]2)cc1. The molecule has 1 heterocycles. The molecule has 0 amide bonds. The van der Waals surface area contributed by atoms with E-state index >= 15 is 0 Å². The summed E-state index contributed by atoms with van der Waals surface area (Å²) in [5.41, 5.74) is 3.55. The van der Waals surface area contributed by atoms with Crippen LogP contribution in [0, 0.1) is 5.92 Å². The average Bonchev–Trinajstić information content (AvgIpc) is 2.83. The summed E-state index contributed by atoms with van der Waals surface area (Å²) in [5.74, 6) is 0.694. The van der Waals surface area contributed by atoms with Crippen LogP contribution in [-0.4, -0.2) is 16.7 Å². The van der Waals surface area contributed by atoms with E-state index in [-0.39, 0.29) is 0 Å². The Balaban J connectivity index is 1.94. The molecule has 2 aromatic rings. The van der Waals surface area contributed by atoms with E-state index in [0.29, 0.717) is 5.92 Å². The normalized spacial score (nSPS) is 11.0. The molecule has 0 saturated carbocycles. The quantitative estimate of drug-likeness (QED) is 0.827. The molecular weight excluding hydrogens is 210 g/mol. The van der Waals surface area contributed by atoms with E-state index in [9.17, 15) is 0 Å². The minimum atomic E-state index is 0.694. The second-order valence-electron chi connectivity index (χ2n) is 4.69. The highest BCUT2D eigenvalue weighted by molar-refractivity contribution is 5.58. The number of aromatic nitrogens is 2. The first-order chi connectivity index (χ1) is 8.25. The Morgan fingerprint density at radius 1 is 1.18 bits per heavy atom. The molecule has 1 aromatic carbocycles. The van der Waals surface area contributed by atoms with Crippen molar-refractivity contribution in [2.24, 2.45) is 5.92 Å². The van der Waals surface area contributed by atoms with Crippen LogP contribution in [0.3, 0.4) is 0 Å². The molecule has 0 unspecified atom stereocenters. The standard InChI is InChI=1S/C14H19N3/c1-11(2)9-15-10-12-3-5-13(6-4-12)14-7-8-16-17-14/h3-8,11,15H,9-10H2,1-2H3,(H,16,17). The molecule has 0 aliphatic carbocycles. The third-order valence-electron chi connectivity index (χ3n) is 2.65. The number of aromatic amines is 1. The molecule has 17 heavy (non-hydrogen) atoms. The van der Waals surface area contributed by atoms with E-state index in [1.165, 1.54) is 11.1 Å². The second kappa shape index (κ2) is 5.64. The van der Waals surface area contributed by atoms with Gasteiger partial charge in [0, 0.05) is 12.7 Å². The number of nitrogens with one attached hydrogen (secondary N) is 2. The van der Waals surface area contributed by atoms with E-state index < -0.39 is 0 Å². The summed E-state index contributed by atoms with van der Waals surface area (Å²) in [6, 6.07) is 10.5. The van der Waals surface area contributed by atoms with Crippen molar-refractivity contribution in [3.8, 4) is 11.3 Å². The van der Waals surface area contributed by atoms with Crippen molar-refractivity contribution >= 4 is 0 Å². The zero-order chi connectivity index (χ0) is 12.1. The summed E-state index contributed by atoms with van der Waals surface area (Å²) in [6.45, 7) is 6.42. The predicted octanol–water partition coefficient (Wildman–Crippen LogP) is 2.82. The Morgan fingerprint density at radius 3 is 2.53 bits per heavy atom. The van der Waals surface area contributed by atoms with Crippen LogP contribution in [0.5, 0.6) is 0 Å². The maximum atomic E-state index is 3.95. The van der Waals surface area contributed by atoms with Crippen molar-refractivity contribution in [2.75, 3.05) is 6.54 Å². The molecule has 0 aliphatic rings. The minimum Gasteiger partial charge on any atom is -0.312 e. The summed E-state index contributed by atoms with van der Waals surface area (Å²) in [4.78, 5) is 0. The van der Waals surface area contributed by atoms with Gasteiger partial charge in [-0.05, 0) is 29.7 Å². The fraction of sp³-hybridized carbons (Fsp3) is 0.357. The molecule has 2 rings (SSSR count). The van der Waals surface area contributed by atoms with Crippen molar-refractivity contribution in [3.63, 3.8) is 0 Å². The van der Waals surface area contributed by atoms with Gasteiger partial charge in [0.15, 0.2) is 0 Å². The van der Waals surface area contributed by atoms with Gasteiger partial charge in [-0.2, -0.15) is 5.10 Å². The largest absolute Gasteiger partial charge is 0.312 e. The highest BCUT2D eigenvalue weighted by Crippen LogP contribution is 2.16. The lowest BCUT2D eigenvalue weighted by Crippen LogP contribution is -2.18. The minimum absolute atomic E-state index is 0.694. The van der Waals surface area contributed by atoms with Gasteiger partial charge >= 0.3 is 0 Å². The van der Waals surface area contributed by atoms with Crippen molar-refractivity contribution in [2.45, 2.75) is 20.4 Å². The van der Waals surface area contributed by atoms with E-state index in [4.69, 9.17) is 0 Å². The molecule has 90 valence electrons. The molecule has 0 saturated heterocycles. The molecule has 0 aliphatic heterocycles. The van der Waals surface area contributed by atoms with Crippen LogP contribution in [0.4, 0.5) is 0 Å². The van der Waals surface area contributed by atoms with Crippen molar-refractivity contribution < 1.29 is 0 Å². The number of rotatable bonds is 5. The average molecular weight is 229 g/mol. The molecule has 3 nitrogen and oxygen atoms in total. The lowest BCUT2D eigenvalue weighted by atomic mass is 10.1.